The van der Waals surface area contributed by atoms with Gasteiger partial charge in [0.15, 0.2) is 0 Å². The van der Waals surface area contributed by atoms with Gasteiger partial charge in [-0.25, -0.2) is 0 Å². The Hall–Kier alpha value is -1.15. The van der Waals surface area contributed by atoms with Gasteiger partial charge >= 0.3 is 0 Å². The zero-order chi connectivity index (χ0) is 11.7. The van der Waals surface area contributed by atoms with Crippen molar-refractivity contribution in [2.75, 3.05) is 7.05 Å². The van der Waals surface area contributed by atoms with E-state index in [1.165, 1.54) is 0 Å². The van der Waals surface area contributed by atoms with Gasteiger partial charge in [-0.3, -0.25) is 9.79 Å². The van der Waals surface area contributed by atoms with Gasteiger partial charge in [0.05, 0.1) is 0 Å². The zero-order valence-electron chi connectivity index (χ0n) is 9.33. The minimum absolute atomic E-state index is 0.207. The molecule has 0 aliphatic heterocycles. The molecule has 0 aliphatic rings. The maximum Gasteiger partial charge on any atom is 0.226 e. The van der Waals surface area contributed by atoms with E-state index in [1.807, 2.05) is 38.2 Å². The maximum absolute atomic E-state index is 10.7. The lowest BCUT2D eigenvalue weighted by atomic mass is 10.1. The molecule has 0 aliphatic carbocycles. The van der Waals surface area contributed by atoms with Crippen LogP contribution in [-0.2, 0) is 4.79 Å². The minimum Gasteiger partial charge on any atom is -0.296 e. The molecule has 0 atom stereocenters. The van der Waals surface area contributed by atoms with Gasteiger partial charge in [-0.05, 0) is 31.0 Å². The summed E-state index contributed by atoms with van der Waals surface area (Å²) in [6.07, 6.45) is 9.57. The molecule has 82 valence electrons. The van der Waals surface area contributed by atoms with Gasteiger partial charge in [0, 0.05) is 19.7 Å². The predicted molar refractivity (Wildman–Crippen MR) is 66.5 cm³/mol. The Bertz CT molecular complexity index is 325. The van der Waals surface area contributed by atoms with E-state index < -0.39 is 0 Å². The van der Waals surface area contributed by atoms with Crippen LogP contribution in [0.3, 0.4) is 0 Å². The summed E-state index contributed by atoms with van der Waals surface area (Å²) in [6, 6.07) is 0. The standard InChI is InChI=1S/C12H16ClNO/c1-4-5-10(2)6-7-11(9-14-3)8-12(13)15/h4-7,9H,8H2,1-3H3/b5-4+,10-6-,11-7-,14-9?. The van der Waals surface area contributed by atoms with E-state index in [-0.39, 0.29) is 11.7 Å². The molecule has 0 unspecified atom stereocenters. The monoisotopic (exact) mass is 225 g/mol. The quantitative estimate of drug-likeness (QED) is 0.401. The number of nitrogens with zero attached hydrogens (tertiary/aromatic N) is 1. The smallest absolute Gasteiger partial charge is 0.226 e. The van der Waals surface area contributed by atoms with Crippen molar-refractivity contribution in [2.45, 2.75) is 20.3 Å². The highest BCUT2D eigenvalue weighted by molar-refractivity contribution is 6.63. The van der Waals surface area contributed by atoms with Crippen LogP contribution >= 0.6 is 11.6 Å². The summed E-state index contributed by atoms with van der Waals surface area (Å²) in [6.45, 7) is 3.94. The lowest BCUT2D eigenvalue weighted by Crippen LogP contribution is -1.92. The van der Waals surface area contributed by atoms with Crippen molar-refractivity contribution in [3.8, 4) is 0 Å². The van der Waals surface area contributed by atoms with E-state index in [4.69, 9.17) is 11.6 Å². The summed E-state index contributed by atoms with van der Waals surface area (Å²) in [7, 11) is 1.66. The lowest BCUT2D eigenvalue weighted by Gasteiger charge is -1.95. The Kier molecular flexibility index (Phi) is 7.56. The van der Waals surface area contributed by atoms with Crippen LogP contribution in [0.15, 0.2) is 40.4 Å². The van der Waals surface area contributed by atoms with Gasteiger partial charge in [0.25, 0.3) is 0 Å². The van der Waals surface area contributed by atoms with Crippen molar-refractivity contribution in [3.05, 3.63) is 35.5 Å². The first kappa shape index (κ1) is 13.8. The average Bonchev–Trinajstić information content (AvgIpc) is 2.14. The predicted octanol–water partition coefficient (Wildman–Crippen LogP) is 3.29. The van der Waals surface area contributed by atoms with Crippen LogP contribution in [0.4, 0.5) is 0 Å². The first-order valence-electron chi connectivity index (χ1n) is 4.70. The molecule has 0 saturated heterocycles. The molecule has 0 rings (SSSR count). The normalized spacial score (nSPS) is 14.1. The number of halogens is 1. The number of aliphatic imine (C=N–C) groups is 1. The van der Waals surface area contributed by atoms with Crippen molar-refractivity contribution in [1.82, 2.24) is 0 Å². The molecule has 0 spiro atoms. The summed E-state index contributed by atoms with van der Waals surface area (Å²) < 4.78 is 0. The Morgan fingerprint density at radius 3 is 2.53 bits per heavy atom. The van der Waals surface area contributed by atoms with Crippen LogP contribution in [0.25, 0.3) is 0 Å². The molecule has 0 aromatic rings. The Morgan fingerprint density at radius 1 is 1.40 bits per heavy atom. The van der Waals surface area contributed by atoms with E-state index in [2.05, 4.69) is 4.99 Å². The first-order valence-corrected chi connectivity index (χ1v) is 5.08. The third-order valence-electron chi connectivity index (χ3n) is 1.63. The molecule has 2 nitrogen and oxygen atoms in total. The van der Waals surface area contributed by atoms with Gasteiger partial charge < -0.3 is 0 Å². The fraction of sp³-hybridized carbons (Fsp3) is 0.333. The molecule has 0 saturated carbocycles. The highest BCUT2D eigenvalue weighted by Crippen LogP contribution is 2.04. The minimum atomic E-state index is -0.377. The van der Waals surface area contributed by atoms with E-state index in [0.717, 1.165) is 11.1 Å². The number of allylic oxidation sites excluding steroid dienone is 6. The van der Waals surface area contributed by atoms with Gasteiger partial charge in [0.2, 0.25) is 5.24 Å². The molecule has 0 amide bonds. The van der Waals surface area contributed by atoms with Crippen LogP contribution in [0.1, 0.15) is 20.3 Å². The molecule has 3 heteroatoms. The van der Waals surface area contributed by atoms with Gasteiger partial charge in [-0.2, -0.15) is 0 Å². The Balaban J connectivity index is 4.68. The molecule has 0 fully saturated rings. The molecule has 0 radical (unpaired) electrons. The second-order valence-corrected chi connectivity index (χ2v) is 3.49. The summed E-state index contributed by atoms with van der Waals surface area (Å²) in [4.78, 5) is 14.6. The highest BCUT2D eigenvalue weighted by atomic mass is 35.5. The maximum atomic E-state index is 10.7. The van der Waals surface area contributed by atoms with Gasteiger partial charge in [0.1, 0.15) is 0 Å². The molecule has 0 N–H and O–H groups in total. The summed E-state index contributed by atoms with van der Waals surface area (Å²) in [5.41, 5.74) is 1.92. The molecular formula is C12H16ClNO. The first-order chi connectivity index (χ1) is 7.10. The summed E-state index contributed by atoms with van der Waals surface area (Å²) >= 11 is 5.31. The van der Waals surface area contributed by atoms with Gasteiger partial charge in [-0.1, -0.05) is 29.9 Å². The van der Waals surface area contributed by atoms with E-state index in [9.17, 15) is 4.79 Å². The third-order valence-corrected chi connectivity index (χ3v) is 1.76. The van der Waals surface area contributed by atoms with Crippen molar-refractivity contribution in [1.29, 1.82) is 0 Å². The third kappa shape index (κ3) is 7.89. The largest absolute Gasteiger partial charge is 0.296 e. The Labute approximate surface area is 96.0 Å². The van der Waals surface area contributed by atoms with E-state index in [0.29, 0.717) is 0 Å². The molecule has 0 aromatic heterocycles. The Morgan fingerprint density at radius 2 is 2.07 bits per heavy atom. The van der Waals surface area contributed by atoms with E-state index >= 15 is 0 Å². The van der Waals surface area contributed by atoms with Crippen LogP contribution in [0.2, 0.25) is 0 Å². The van der Waals surface area contributed by atoms with Crippen LogP contribution in [-0.4, -0.2) is 18.5 Å². The average molecular weight is 226 g/mol. The zero-order valence-corrected chi connectivity index (χ0v) is 10.1. The van der Waals surface area contributed by atoms with Crippen molar-refractivity contribution < 1.29 is 4.79 Å². The second kappa shape index (κ2) is 8.18. The van der Waals surface area contributed by atoms with Crippen molar-refractivity contribution in [2.24, 2.45) is 4.99 Å². The second-order valence-electron chi connectivity index (χ2n) is 3.07. The number of carbonyl (C=O) groups excluding carboxylic acids is 1. The topological polar surface area (TPSA) is 29.4 Å². The lowest BCUT2D eigenvalue weighted by molar-refractivity contribution is -0.111. The number of rotatable bonds is 5. The summed E-state index contributed by atoms with van der Waals surface area (Å²) in [5, 5.41) is -0.377. The van der Waals surface area contributed by atoms with Crippen molar-refractivity contribution in [3.63, 3.8) is 0 Å². The fourth-order valence-corrected chi connectivity index (χ4v) is 1.19. The van der Waals surface area contributed by atoms with Crippen LogP contribution in [0.5, 0.6) is 0 Å². The number of hydrogen-bond acceptors (Lipinski definition) is 2. The molecule has 15 heavy (non-hydrogen) atoms. The van der Waals surface area contributed by atoms with Crippen molar-refractivity contribution >= 4 is 23.1 Å². The summed E-state index contributed by atoms with van der Waals surface area (Å²) in [5.74, 6) is 0. The van der Waals surface area contributed by atoms with Crippen LogP contribution in [0, 0.1) is 0 Å². The highest BCUT2D eigenvalue weighted by Gasteiger charge is 1.98. The fourth-order valence-electron chi connectivity index (χ4n) is 1.03. The SMILES string of the molecule is C/C=C/C(C)=C\C=C(/C=NC)CC(=O)Cl. The number of carbonyl (C=O) groups is 1. The number of hydrogen-bond donors (Lipinski definition) is 0. The molecule has 0 bridgehead atoms. The molecular weight excluding hydrogens is 210 g/mol. The molecule has 0 aromatic carbocycles. The molecule has 0 heterocycles. The van der Waals surface area contributed by atoms with Gasteiger partial charge in [-0.15, -0.1) is 0 Å². The van der Waals surface area contributed by atoms with E-state index in [1.54, 1.807) is 13.3 Å². The van der Waals surface area contributed by atoms with Crippen LogP contribution < -0.4 is 0 Å².